The molecule has 0 fully saturated rings. The first-order valence-corrected chi connectivity index (χ1v) is 10.1. The Balaban J connectivity index is 0.00000225. The molecular formula is C14H10N6Na2O6S2. The molecule has 0 saturated carbocycles. The number of nitrogen functional groups attached to an aromatic ring is 2. The average Bonchev–Trinajstić information content (AvgIpc) is 2.60. The summed E-state index contributed by atoms with van der Waals surface area (Å²) >= 11 is 0. The third-order valence-electron chi connectivity index (χ3n) is 3.58. The summed E-state index contributed by atoms with van der Waals surface area (Å²) in [6, 6.07) is 6.50. The van der Waals surface area contributed by atoms with E-state index in [1.165, 1.54) is 12.1 Å². The molecule has 16 heteroatoms. The molecule has 2 aromatic carbocycles. The molecule has 1 heterocycles. The molecule has 3 aromatic rings. The van der Waals surface area contributed by atoms with Crippen LogP contribution in [0.1, 0.15) is 0 Å². The SMILES string of the molecule is Nc1cc(S(=O)(=O)[O-])ccc1-c1nnc(-c2ccc(S(=O)(=O)[O-])cc2N)nn1.[Na+].[Na+]. The van der Waals surface area contributed by atoms with Gasteiger partial charge in [-0.1, -0.05) is 0 Å². The Morgan fingerprint density at radius 2 is 0.933 bits per heavy atom. The van der Waals surface area contributed by atoms with Gasteiger partial charge in [0.2, 0.25) is 11.6 Å². The van der Waals surface area contributed by atoms with E-state index in [9.17, 15) is 25.9 Å². The fourth-order valence-electron chi connectivity index (χ4n) is 2.24. The Morgan fingerprint density at radius 3 is 1.17 bits per heavy atom. The number of rotatable bonds is 4. The van der Waals surface area contributed by atoms with Gasteiger partial charge in [0, 0.05) is 22.5 Å². The normalized spacial score (nSPS) is 11.3. The van der Waals surface area contributed by atoms with Crippen LogP contribution in [-0.4, -0.2) is 46.3 Å². The van der Waals surface area contributed by atoms with E-state index in [1.807, 2.05) is 0 Å². The summed E-state index contributed by atoms with van der Waals surface area (Å²) in [6.07, 6.45) is 0. The minimum absolute atomic E-state index is 0. The molecule has 0 radical (unpaired) electrons. The van der Waals surface area contributed by atoms with E-state index in [1.54, 1.807) is 0 Å². The minimum Gasteiger partial charge on any atom is -0.744 e. The number of nitrogens with zero attached hydrogens (tertiary/aromatic N) is 4. The van der Waals surface area contributed by atoms with Crippen molar-refractivity contribution in [1.29, 1.82) is 0 Å². The van der Waals surface area contributed by atoms with Gasteiger partial charge in [-0.25, -0.2) is 16.8 Å². The van der Waals surface area contributed by atoms with Gasteiger partial charge in [-0.2, -0.15) is 0 Å². The molecular weight excluding hydrogens is 458 g/mol. The monoisotopic (exact) mass is 468 g/mol. The van der Waals surface area contributed by atoms with Crippen molar-refractivity contribution in [2.24, 2.45) is 0 Å². The summed E-state index contributed by atoms with van der Waals surface area (Å²) in [4.78, 5) is -1.01. The van der Waals surface area contributed by atoms with Crippen LogP contribution < -0.4 is 70.6 Å². The predicted octanol–water partition coefficient (Wildman–Crippen LogP) is -6.42. The van der Waals surface area contributed by atoms with Crippen LogP contribution in [0.3, 0.4) is 0 Å². The minimum atomic E-state index is -4.67. The van der Waals surface area contributed by atoms with Crippen molar-refractivity contribution in [2.45, 2.75) is 9.79 Å². The van der Waals surface area contributed by atoms with E-state index in [-0.39, 0.29) is 93.3 Å². The zero-order valence-corrected chi connectivity index (χ0v) is 21.3. The second-order valence-corrected chi connectivity index (χ2v) is 8.21. The average molecular weight is 468 g/mol. The first-order chi connectivity index (χ1) is 13.0. The summed E-state index contributed by atoms with van der Waals surface area (Å²) in [7, 11) is -9.33. The topological polar surface area (TPSA) is 218 Å². The first-order valence-electron chi connectivity index (χ1n) is 7.26. The van der Waals surface area contributed by atoms with E-state index >= 15 is 0 Å². The van der Waals surface area contributed by atoms with E-state index in [0.717, 1.165) is 24.3 Å². The Morgan fingerprint density at radius 1 is 0.633 bits per heavy atom. The smallest absolute Gasteiger partial charge is 0.744 e. The fraction of sp³-hybridized carbons (Fsp3) is 0. The Bertz CT molecular complexity index is 1190. The Hall–Kier alpha value is -1.20. The molecule has 0 aliphatic carbocycles. The Kier molecular flexibility index (Phi) is 8.90. The third kappa shape index (κ3) is 5.94. The van der Waals surface area contributed by atoms with Crippen LogP contribution in [0.15, 0.2) is 46.2 Å². The van der Waals surface area contributed by atoms with Gasteiger partial charge in [0.15, 0.2) is 0 Å². The van der Waals surface area contributed by atoms with Crippen molar-refractivity contribution < 1.29 is 85.1 Å². The van der Waals surface area contributed by atoms with Crippen molar-refractivity contribution in [3.05, 3.63) is 36.4 Å². The molecule has 12 nitrogen and oxygen atoms in total. The molecule has 3 rings (SSSR count). The maximum atomic E-state index is 11.0. The molecule has 1 aromatic heterocycles. The number of aromatic nitrogens is 4. The van der Waals surface area contributed by atoms with E-state index < -0.39 is 30.0 Å². The van der Waals surface area contributed by atoms with Crippen LogP contribution >= 0.6 is 0 Å². The van der Waals surface area contributed by atoms with Crippen molar-refractivity contribution in [3.63, 3.8) is 0 Å². The maximum absolute atomic E-state index is 11.0. The Labute approximate surface area is 215 Å². The number of hydrogen-bond donors (Lipinski definition) is 2. The summed E-state index contributed by atoms with van der Waals surface area (Å²) in [5.74, 6) is -0.0955. The van der Waals surface area contributed by atoms with Crippen molar-refractivity contribution in [2.75, 3.05) is 11.5 Å². The van der Waals surface area contributed by atoms with Crippen LogP contribution in [-0.2, 0) is 20.2 Å². The fourth-order valence-corrected chi connectivity index (χ4v) is 3.26. The van der Waals surface area contributed by atoms with Crippen molar-refractivity contribution in [3.8, 4) is 22.8 Å². The molecule has 30 heavy (non-hydrogen) atoms. The molecule has 0 aliphatic rings. The number of benzene rings is 2. The first kappa shape index (κ1) is 26.8. The second kappa shape index (κ2) is 9.95. The number of nitrogens with two attached hydrogens (primary N) is 2. The standard InChI is InChI=1S/C14H12N6O6S2.2Na/c15-11-5-7(27(21,22)23)1-3-9(11)13-17-19-14(20-18-13)10-4-2-8(6-12(10)16)28(24,25)26;;/h1-6H,15-16H2,(H,21,22,23)(H,24,25,26);;/q;2*+1/p-2. The molecule has 146 valence electrons. The maximum Gasteiger partial charge on any atom is 1.00 e. The molecule has 0 aliphatic heterocycles. The summed E-state index contributed by atoms with van der Waals surface area (Å²) in [6.45, 7) is 0. The van der Waals surface area contributed by atoms with E-state index in [0.29, 0.717) is 0 Å². The van der Waals surface area contributed by atoms with Gasteiger partial charge < -0.3 is 20.6 Å². The molecule has 0 bridgehead atoms. The largest absolute Gasteiger partial charge is 1.00 e. The van der Waals surface area contributed by atoms with Crippen LogP contribution in [0.4, 0.5) is 11.4 Å². The van der Waals surface area contributed by atoms with Gasteiger partial charge in [-0.15, -0.1) is 20.4 Å². The summed E-state index contributed by atoms with van der Waals surface area (Å²) in [5, 5.41) is 15.3. The molecule has 0 unspecified atom stereocenters. The van der Waals surface area contributed by atoms with Gasteiger partial charge in [0.05, 0.1) is 9.79 Å². The van der Waals surface area contributed by atoms with Gasteiger partial charge in [-0.05, 0) is 36.4 Å². The predicted molar refractivity (Wildman–Crippen MR) is 93.2 cm³/mol. The van der Waals surface area contributed by atoms with Gasteiger partial charge in [-0.3, -0.25) is 0 Å². The van der Waals surface area contributed by atoms with Gasteiger partial charge in [0.25, 0.3) is 0 Å². The van der Waals surface area contributed by atoms with E-state index in [4.69, 9.17) is 11.5 Å². The second-order valence-electron chi connectivity index (χ2n) is 5.45. The van der Waals surface area contributed by atoms with Crippen molar-refractivity contribution >= 4 is 31.6 Å². The molecule has 0 atom stereocenters. The quantitative estimate of drug-likeness (QED) is 0.207. The summed E-state index contributed by atoms with van der Waals surface area (Å²) in [5.41, 5.74) is 11.7. The number of anilines is 2. The van der Waals surface area contributed by atoms with Gasteiger partial charge >= 0.3 is 59.1 Å². The van der Waals surface area contributed by atoms with Crippen LogP contribution in [0.25, 0.3) is 22.8 Å². The molecule has 0 amide bonds. The van der Waals surface area contributed by atoms with Gasteiger partial charge in [0.1, 0.15) is 20.2 Å². The van der Waals surface area contributed by atoms with Crippen LogP contribution in [0.5, 0.6) is 0 Å². The van der Waals surface area contributed by atoms with Crippen LogP contribution in [0.2, 0.25) is 0 Å². The zero-order valence-electron chi connectivity index (χ0n) is 15.7. The van der Waals surface area contributed by atoms with Crippen molar-refractivity contribution in [1.82, 2.24) is 20.4 Å². The molecule has 0 spiro atoms. The third-order valence-corrected chi connectivity index (χ3v) is 5.25. The number of hydrogen-bond acceptors (Lipinski definition) is 12. The van der Waals surface area contributed by atoms with E-state index in [2.05, 4.69) is 20.4 Å². The molecule has 0 saturated heterocycles. The van der Waals surface area contributed by atoms with Crippen LogP contribution in [0, 0.1) is 0 Å². The zero-order chi connectivity index (χ0) is 20.7. The molecule has 4 N–H and O–H groups in total. The summed E-state index contributed by atoms with van der Waals surface area (Å²) < 4.78 is 66.1.